The van der Waals surface area contributed by atoms with Crippen molar-refractivity contribution in [2.45, 2.75) is 19.8 Å². The topological polar surface area (TPSA) is 270 Å². The fourth-order valence-electron chi connectivity index (χ4n) is 5.18. The van der Waals surface area contributed by atoms with Crippen LogP contribution in [0.3, 0.4) is 0 Å². The van der Waals surface area contributed by atoms with E-state index in [2.05, 4.69) is 13.5 Å². The van der Waals surface area contributed by atoms with E-state index in [-0.39, 0.29) is 80.8 Å². The summed E-state index contributed by atoms with van der Waals surface area (Å²) in [7, 11) is -4.28. The maximum atomic E-state index is 11.7. The molecule has 25 heteroatoms. The monoisotopic (exact) mass is 822 g/mol. The summed E-state index contributed by atoms with van der Waals surface area (Å²) in [6.45, 7) is -6.81. The van der Waals surface area contributed by atoms with E-state index in [9.17, 15) is 40.5 Å². The number of nitro groups is 4. The van der Waals surface area contributed by atoms with Gasteiger partial charge in [-0.25, -0.2) is 0 Å². The molecule has 4 aromatic carbocycles. The number of hydrogen-bond donors (Lipinski definition) is 0. The van der Waals surface area contributed by atoms with Crippen molar-refractivity contribution in [3.05, 3.63) is 136 Å². The number of nitro benzene ring substituents is 4. The molecule has 3 heterocycles. The summed E-state index contributed by atoms with van der Waals surface area (Å²) >= 11 is 14.1. The second-order valence-electron chi connectivity index (χ2n) is 10.8. The number of hydrogen-bond acceptors (Lipinski definition) is 16. The fraction of sp³-hybridized carbons (Fsp3) is 0.107. The van der Waals surface area contributed by atoms with Crippen molar-refractivity contribution in [2.24, 2.45) is 13.5 Å². The van der Waals surface area contributed by atoms with Crippen molar-refractivity contribution in [1.29, 1.82) is 5.26 Å². The highest BCUT2D eigenvalue weighted by Crippen LogP contribution is 2.82. The predicted molar refractivity (Wildman–Crippen MR) is 192 cm³/mol. The molecule has 0 fully saturated rings. The van der Waals surface area contributed by atoms with E-state index in [0.717, 1.165) is 24.3 Å². The predicted octanol–water partition coefficient (Wildman–Crippen LogP) is 10.6. The van der Waals surface area contributed by atoms with Crippen LogP contribution in [-0.2, 0) is 12.8 Å². The first kappa shape index (κ1) is 37.2. The van der Waals surface area contributed by atoms with Crippen molar-refractivity contribution in [1.82, 2.24) is 0 Å². The zero-order valence-corrected chi connectivity index (χ0v) is 30.6. The second kappa shape index (κ2) is 14.1. The summed E-state index contributed by atoms with van der Waals surface area (Å²) in [4.78, 5) is 44.2. The summed E-state index contributed by atoms with van der Waals surface area (Å²) in [5.74, 6) is -0.0940. The molecule has 272 valence electrons. The average molecular weight is 823 g/mol. The van der Waals surface area contributed by atoms with Gasteiger partial charge in [-0.15, -0.1) is 13.5 Å². The Labute approximate surface area is 306 Å². The number of halogens is 2. The molecule has 53 heavy (non-hydrogen) atoms. The largest absolute Gasteiger partial charge is 0.457 e. The van der Waals surface area contributed by atoms with Gasteiger partial charge in [0.1, 0.15) is 23.0 Å². The number of nitrogens with zero attached hydrogens (tertiary/aromatic N) is 8. The minimum atomic E-state index is -4.28. The lowest BCUT2D eigenvalue weighted by atomic mass is 10.0. The Balaban J connectivity index is 0.00000155. The molecular weight excluding hydrogens is 804 g/mol. The summed E-state index contributed by atoms with van der Waals surface area (Å²) in [5, 5.41) is 54.0. The van der Waals surface area contributed by atoms with Crippen molar-refractivity contribution in [2.75, 3.05) is 0 Å². The van der Waals surface area contributed by atoms with Crippen LogP contribution in [0.25, 0.3) is 0 Å². The molecule has 3 aliphatic heterocycles. The van der Waals surface area contributed by atoms with Crippen molar-refractivity contribution < 1.29 is 37.8 Å². The van der Waals surface area contributed by atoms with Gasteiger partial charge in [-0.2, -0.15) is 5.26 Å². The van der Waals surface area contributed by atoms with Gasteiger partial charge >= 0.3 is 21.2 Å². The molecule has 0 saturated heterocycles. The highest BCUT2D eigenvalue weighted by molar-refractivity contribution is 8.00. The zero-order chi connectivity index (χ0) is 38.3. The van der Waals surface area contributed by atoms with Crippen LogP contribution in [0, 0.1) is 51.8 Å². The summed E-state index contributed by atoms with van der Waals surface area (Å²) in [6.07, 6.45) is -0.278. The van der Waals surface area contributed by atoms with Crippen molar-refractivity contribution in [3.63, 3.8) is 0 Å². The van der Waals surface area contributed by atoms with E-state index in [4.69, 9.17) is 45.8 Å². The number of non-ortho nitro benzene ring substituents is 4. The quantitative estimate of drug-likeness (QED) is 0.105. The van der Waals surface area contributed by atoms with Gasteiger partial charge in [-0.1, -0.05) is 0 Å². The molecule has 0 N–H and O–H groups in total. The first-order valence-electron chi connectivity index (χ1n) is 14.5. The Morgan fingerprint density at radius 3 is 1.15 bits per heavy atom. The Morgan fingerprint density at radius 2 is 0.849 bits per heavy atom. The summed E-state index contributed by atoms with van der Waals surface area (Å²) < 4.78 is 38.6. The van der Waals surface area contributed by atoms with Gasteiger partial charge in [0.2, 0.25) is 0 Å². The molecule has 1 spiro atoms. The smallest absolute Gasteiger partial charge is 0.430 e. The number of benzene rings is 4. The van der Waals surface area contributed by atoms with Crippen LogP contribution < -0.4 is 18.1 Å². The SMILES string of the molecule is CC#N.O=[N+]([O-])c1ccc2c(c1)Cc1cc([N+](=O)[O-])ccc1OP1(=N[P@@]3(Cl)=N[P@@](Cl)(=N1)Oc1ccc([N+](=O)[O-])cc1Cc1cc([N+](=O)[O-])ccc1O3)O2. The maximum Gasteiger partial charge on any atom is 0.457 e. The standard InChI is InChI=1S/C26H16Cl2N7O12P3.C2H3N/c27-48-29-49(28,45-24-6-2-20(33(38)39)12-16(24)9-15-11-19(32(36)37)1-5-23(15)44-48)31-50(30-48)46-25-7-3-21(34(40)41)13-17(25)10-18-14-22(35(42)43)4-8-26(18)47-50;1-2-3/h1-8,11-14H,9-10H2;1H3/t48-,49+;. The third-order valence-electron chi connectivity index (χ3n) is 7.31. The summed E-state index contributed by atoms with van der Waals surface area (Å²) in [5.41, 5.74) is -0.483. The molecule has 0 amide bonds. The van der Waals surface area contributed by atoms with Crippen LogP contribution >= 0.6 is 43.7 Å². The average Bonchev–Trinajstić information content (AvgIpc) is 3.06. The van der Waals surface area contributed by atoms with Gasteiger partial charge in [0.25, 0.3) is 22.7 Å². The lowest BCUT2D eigenvalue weighted by Gasteiger charge is -2.32. The van der Waals surface area contributed by atoms with Gasteiger partial charge in [0.05, 0.1) is 25.8 Å². The van der Waals surface area contributed by atoms with Crippen molar-refractivity contribution in [3.8, 4) is 29.1 Å². The van der Waals surface area contributed by atoms with Gasteiger partial charge in [-0.3, -0.25) is 40.5 Å². The first-order valence-corrected chi connectivity index (χ1v) is 21.1. The third-order valence-corrected chi connectivity index (χ3v) is 17.2. The van der Waals surface area contributed by atoms with E-state index < -0.39 is 40.9 Å². The minimum absolute atomic E-state index is 0.0129. The molecule has 0 radical (unpaired) electrons. The zero-order valence-electron chi connectivity index (χ0n) is 26.4. The van der Waals surface area contributed by atoms with E-state index in [1.807, 2.05) is 0 Å². The molecule has 3 aliphatic rings. The van der Waals surface area contributed by atoms with Crippen LogP contribution in [-0.4, -0.2) is 19.7 Å². The van der Waals surface area contributed by atoms with E-state index in [0.29, 0.717) is 0 Å². The first-order chi connectivity index (χ1) is 25.0. The van der Waals surface area contributed by atoms with E-state index in [1.54, 1.807) is 6.07 Å². The molecule has 0 unspecified atom stereocenters. The normalized spacial score (nSPS) is 19.9. The Bertz CT molecular complexity index is 2370. The Kier molecular flexibility index (Phi) is 9.90. The molecule has 2 bridgehead atoms. The molecule has 0 aromatic heterocycles. The fourth-order valence-corrected chi connectivity index (χ4v) is 16.8. The van der Waals surface area contributed by atoms with Gasteiger partial charge in [0, 0.05) is 90.6 Å². The van der Waals surface area contributed by atoms with Crippen molar-refractivity contribution >= 4 is 66.5 Å². The van der Waals surface area contributed by atoms with Gasteiger partial charge in [0.15, 0.2) is 0 Å². The molecule has 0 saturated carbocycles. The summed E-state index contributed by atoms with van der Waals surface area (Å²) in [6, 6.07) is 16.3. The van der Waals surface area contributed by atoms with Gasteiger partial charge in [-0.05, 0) is 46.7 Å². The maximum absolute atomic E-state index is 11.7. The van der Waals surface area contributed by atoms with E-state index >= 15 is 0 Å². The molecule has 20 nitrogen and oxygen atoms in total. The Morgan fingerprint density at radius 1 is 0.566 bits per heavy atom. The molecule has 0 aliphatic carbocycles. The lowest BCUT2D eigenvalue weighted by molar-refractivity contribution is -0.385. The van der Waals surface area contributed by atoms with Crippen LogP contribution in [0.15, 0.2) is 86.3 Å². The van der Waals surface area contributed by atoms with Gasteiger partial charge < -0.3 is 18.1 Å². The Hall–Kier alpha value is -5.56. The van der Waals surface area contributed by atoms with Crippen LogP contribution in [0.1, 0.15) is 29.2 Å². The number of fused-ring (bicyclic) bond motifs is 5. The highest BCUT2D eigenvalue weighted by Gasteiger charge is 2.45. The number of nitriles is 1. The second-order valence-corrected chi connectivity index (χ2v) is 19.2. The number of rotatable bonds is 4. The van der Waals surface area contributed by atoms with Crippen LogP contribution in [0.2, 0.25) is 0 Å². The molecule has 7 rings (SSSR count). The van der Waals surface area contributed by atoms with Crippen LogP contribution in [0.5, 0.6) is 23.0 Å². The van der Waals surface area contributed by atoms with E-state index in [1.165, 1.54) is 55.5 Å². The highest BCUT2D eigenvalue weighted by atomic mass is 35.7. The molecular formula is C28H19Cl2N8O12P3. The molecule has 2 atom stereocenters. The minimum Gasteiger partial charge on any atom is -0.430 e. The lowest BCUT2D eigenvalue weighted by Crippen LogP contribution is -2.10. The van der Waals surface area contributed by atoms with Crippen LogP contribution in [0.4, 0.5) is 22.7 Å². The third kappa shape index (κ3) is 7.80. The molecule has 4 aromatic rings.